The minimum atomic E-state index is -0.0490. The fourth-order valence-corrected chi connectivity index (χ4v) is 7.60. The van der Waals surface area contributed by atoms with Crippen LogP contribution in [0.4, 0.5) is 0 Å². The highest BCUT2D eigenvalue weighted by Gasteiger charge is 2.59. The molecule has 0 amide bonds. The number of hydrogen-bond donors (Lipinski definition) is 1. The summed E-state index contributed by atoms with van der Waals surface area (Å²) < 4.78 is 0. The largest absolute Gasteiger partial charge is 0.393 e. The highest BCUT2D eigenvalue weighted by atomic mass is 16.3. The number of ketones is 1. The molecule has 0 aliphatic heterocycles. The lowest BCUT2D eigenvalue weighted by Crippen LogP contribution is -2.53. The van der Waals surface area contributed by atoms with Gasteiger partial charge in [0.2, 0.25) is 0 Å². The van der Waals surface area contributed by atoms with Gasteiger partial charge in [-0.2, -0.15) is 0 Å². The molecular weight excluding hydrogens is 284 g/mol. The third-order valence-electron chi connectivity index (χ3n) is 8.98. The van der Waals surface area contributed by atoms with Gasteiger partial charge in [-0.3, -0.25) is 4.79 Å². The molecule has 0 saturated heterocycles. The standard InChI is InChI=1S/C21H34O2/c1-13(22)14-10-19-17-5-4-15-11-16(23)6-9-21(15,3)18(17)7-8-20(19,2)12-14/h14-19,23H,4-12H2,1-3H3. The summed E-state index contributed by atoms with van der Waals surface area (Å²) in [5.41, 5.74) is 0.882. The van der Waals surface area contributed by atoms with Crippen LogP contribution in [0.25, 0.3) is 0 Å². The Bertz CT molecular complexity index is 500. The molecule has 1 N–H and O–H groups in total. The van der Waals surface area contributed by atoms with Gasteiger partial charge in [0.1, 0.15) is 5.78 Å². The molecule has 0 aromatic rings. The maximum absolute atomic E-state index is 12.0. The van der Waals surface area contributed by atoms with Crippen LogP contribution in [0.5, 0.6) is 0 Å². The third kappa shape index (κ3) is 2.34. The number of hydrogen-bond acceptors (Lipinski definition) is 2. The van der Waals surface area contributed by atoms with Crippen LogP contribution >= 0.6 is 0 Å². The summed E-state index contributed by atoms with van der Waals surface area (Å²) in [6, 6.07) is 0. The van der Waals surface area contributed by atoms with Crippen molar-refractivity contribution in [1.82, 2.24) is 0 Å². The summed E-state index contributed by atoms with van der Waals surface area (Å²) in [4.78, 5) is 12.0. The molecule has 4 aliphatic rings. The Morgan fingerprint density at radius 3 is 2.52 bits per heavy atom. The fourth-order valence-electron chi connectivity index (χ4n) is 7.60. The van der Waals surface area contributed by atoms with E-state index >= 15 is 0 Å². The molecule has 4 fully saturated rings. The Balaban J connectivity index is 1.60. The van der Waals surface area contributed by atoms with Gasteiger partial charge < -0.3 is 5.11 Å². The van der Waals surface area contributed by atoms with Gasteiger partial charge in [-0.25, -0.2) is 0 Å². The maximum atomic E-state index is 12.0. The van der Waals surface area contributed by atoms with Crippen molar-refractivity contribution in [2.45, 2.75) is 84.7 Å². The van der Waals surface area contributed by atoms with Gasteiger partial charge in [-0.1, -0.05) is 13.8 Å². The lowest BCUT2D eigenvalue weighted by molar-refractivity contribution is -0.121. The van der Waals surface area contributed by atoms with E-state index in [0.717, 1.165) is 49.4 Å². The van der Waals surface area contributed by atoms with Crippen LogP contribution in [-0.4, -0.2) is 17.0 Å². The molecule has 130 valence electrons. The summed E-state index contributed by atoms with van der Waals surface area (Å²) in [5.74, 6) is 3.97. The summed E-state index contributed by atoms with van der Waals surface area (Å²) in [7, 11) is 0. The molecule has 4 rings (SSSR count). The molecule has 8 unspecified atom stereocenters. The average molecular weight is 319 g/mol. The van der Waals surface area contributed by atoms with E-state index in [1.54, 1.807) is 0 Å². The molecule has 2 nitrogen and oxygen atoms in total. The zero-order chi connectivity index (χ0) is 16.4. The third-order valence-corrected chi connectivity index (χ3v) is 8.98. The van der Waals surface area contributed by atoms with E-state index in [4.69, 9.17) is 0 Å². The van der Waals surface area contributed by atoms with Crippen LogP contribution in [0.15, 0.2) is 0 Å². The highest BCUT2D eigenvalue weighted by molar-refractivity contribution is 5.78. The summed E-state index contributed by atoms with van der Waals surface area (Å²) in [6.07, 6.45) is 10.9. The highest BCUT2D eigenvalue weighted by Crippen LogP contribution is 2.66. The van der Waals surface area contributed by atoms with Crippen LogP contribution in [-0.2, 0) is 4.79 Å². The summed E-state index contributed by atoms with van der Waals surface area (Å²) in [5, 5.41) is 10.1. The molecule has 0 aromatic carbocycles. The van der Waals surface area contributed by atoms with Crippen molar-refractivity contribution in [2.75, 3.05) is 0 Å². The van der Waals surface area contributed by atoms with Crippen molar-refractivity contribution >= 4 is 5.78 Å². The van der Waals surface area contributed by atoms with E-state index in [9.17, 15) is 9.90 Å². The molecule has 8 atom stereocenters. The molecule has 4 saturated carbocycles. The van der Waals surface area contributed by atoms with E-state index in [-0.39, 0.29) is 6.10 Å². The van der Waals surface area contributed by atoms with Crippen LogP contribution in [0.2, 0.25) is 0 Å². The van der Waals surface area contributed by atoms with Crippen LogP contribution in [0.1, 0.15) is 78.6 Å². The molecule has 4 aliphatic carbocycles. The predicted molar refractivity (Wildman–Crippen MR) is 91.9 cm³/mol. The van der Waals surface area contributed by atoms with E-state index in [0.29, 0.717) is 22.5 Å². The smallest absolute Gasteiger partial charge is 0.132 e. The molecule has 0 aromatic heterocycles. The number of rotatable bonds is 1. The first kappa shape index (κ1) is 16.1. The quantitative estimate of drug-likeness (QED) is 0.767. The first-order valence-electron chi connectivity index (χ1n) is 10.0. The summed E-state index contributed by atoms with van der Waals surface area (Å²) >= 11 is 0. The van der Waals surface area contributed by atoms with Gasteiger partial charge in [0.25, 0.3) is 0 Å². The molecule has 0 spiro atoms. The fraction of sp³-hybridized carbons (Fsp3) is 0.952. The number of fused-ring (bicyclic) bond motifs is 5. The van der Waals surface area contributed by atoms with E-state index in [1.807, 2.05) is 6.92 Å². The van der Waals surface area contributed by atoms with E-state index in [1.165, 1.54) is 32.1 Å². The number of Topliss-reactive ketones (excluding diaryl/α,β-unsaturated/α-hetero) is 1. The van der Waals surface area contributed by atoms with Crippen molar-refractivity contribution in [3.8, 4) is 0 Å². The monoisotopic (exact) mass is 318 g/mol. The minimum absolute atomic E-state index is 0.0490. The second kappa shape index (κ2) is 5.31. The van der Waals surface area contributed by atoms with Gasteiger partial charge in [0.15, 0.2) is 0 Å². The zero-order valence-corrected chi connectivity index (χ0v) is 15.2. The minimum Gasteiger partial charge on any atom is -0.393 e. The first-order chi connectivity index (χ1) is 10.8. The molecule has 0 heterocycles. The van der Waals surface area contributed by atoms with Crippen molar-refractivity contribution in [3.05, 3.63) is 0 Å². The van der Waals surface area contributed by atoms with Crippen LogP contribution in [0.3, 0.4) is 0 Å². The Labute approximate surface area is 141 Å². The first-order valence-corrected chi connectivity index (χ1v) is 10.0. The number of aliphatic hydroxyl groups excluding tert-OH is 1. The van der Waals surface area contributed by atoms with Crippen molar-refractivity contribution in [3.63, 3.8) is 0 Å². The normalized spacial score (nSPS) is 55.7. The Morgan fingerprint density at radius 1 is 1.00 bits per heavy atom. The van der Waals surface area contributed by atoms with E-state index < -0.39 is 0 Å². The van der Waals surface area contributed by atoms with Crippen molar-refractivity contribution < 1.29 is 9.90 Å². The van der Waals surface area contributed by atoms with Gasteiger partial charge in [-0.15, -0.1) is 0 Å². The Kier molecular flexibility index (Phi) is 3.72. The number of carbonyl (C=O) groups is 1. The lowest BCUT2D eigenvalue weighted by atomic mass is 9.45. The molecule has 0 bridgehead atoms. The zero-order valence-electron chi connectivity index (χ0n) is 15.2. The van der Waals surface area contributed by atoms with Crippen LogP contribution in [0, 0.1) is 40.4 Å². The van der Waals surface area contributed by atoms with Gasteiger partial charge >= 0.3 is 0 Å². The van der Waals surface area contributed by atoms with Crippen molar-refractivity contribution in [1.29, 1.82) is 0 Å². The predicted octanol–water partition coefficient (Wildman–Crippen LogP) is 4.60. The van der Waals surface area contributed by atoms with Crippen LogP contribution < -0.4 is 0 Å². The van der Waals surface area contributed by atoms with Gasteiger partial charge in [0.05, 0.1) is 6.10 Å². The second-order valence-corrected chi connectivity index (χ2v) is 10.0. The number of aliphatic hydroxyl groups is 1. The average Bonchev–Trinajstić information content (AvgIpc) is 2.86. The molecular formula is C21H34O2. The SMILES string of the molecule is CC(=O)C1CC2C3CCC4CC(O)CCC4(C)C3CCC2(C)C1. The maximum Gasteiger partial charge on any atom is 0.132 e. The Morgan fingerprint density at radius 2 is 1.78 bits per heavy atom. The summed E-state index contributed by atoms with van der Waals surface area (Å²) in [6.45, 7) is 6.83. The number of carbonyl (C=O) groups excluding carboxylic acids is 1. The molecule has 2 heteroatoms. The molecule has 0 radical (unpaired) electrons. The van der Waals surface area contributed by atoms with Crippen molar-refractivity contribution in [2.24, 2.45) is 40.4 Å². The molecule has 23 heavy (non-hydrogen) atoms. The Hall–Kier alpha value is -0.370. The van der Waals surface area contributed by atoms with E-state index in [2.05, 4.69) is 13.8 Å². The second-order valence-electron chi connectivity index (χ2n) is 10.0. The topological polar surface area (TPSA) is 37.3 Å². The lowest BCUT2D eigenvalue weighted by Gasteiger charge is -2.60. The van der Waals surface area contributed by atoms with Gasteiger partial charge in [-0.05, 0) is 99.2 Å². The van der Waals surface area contributed by atoms with Gasteiger partial charge in [0, 0.05) is 5.92 Å².